The molecule has 1 rings (SSSR count). The molecule has 0 bridgehead atoms. The molecule has 1 aromatic rings. The highest BCUT2D eigenvalue weighted by Gasteiger charge is 2.17. The molecule has 8 heteroatoms. The number of hydrogen-bond acceptors (Lipinski definition) is 4. The van der Waals surface area contributed by atoms with Crippen LogP contribution in [-0.2, 0) is 21.5 Å². The zero-order valence-electron chi connectivity index (χ0n) is 10.2. The first-order valence-electron chi connectivity index (χ1n) is 5.29. The van der Waals surface area contributed by atoms with E-state index in [9.17, 15) is 13.2 Å². The average Bonchev–Trinajstić information content (AvgIpc) is 2.69. The van der Waals surface area contributed by atoms with E-state index >= 15 is 0 Å². The summed E-state index contributed by atoms with van der Waals surface area (Å²) in [5.74, 6) is -1.02. The molecule has 0 aliphatic carbocycles. The highest BCUT2D eigenvalue weighted by molar-refractivity contribution is 7.87. The van der Waals surface area contributed by atoms with Crippen LogP contribution in [0.15, 0.2) is 12.1 Å². The number of thiophene rings is 1. The Bertz CT molecular complexity index is 510. The lowest BCUT2D eigenvalue weighted by Crippen LogP contribution is -2.38. The number of hydrogen-bond donors (Lipinski definition) is 2. The number of nitrogens with zero attached hydrogens (tertiary/aromatic N) is 1. The lowest BCUT2D eigenvalue weighted by Gasteiger charge is -2.16. The van der Waals surface area contributed by atoms with E-state index in [0.29, 0.717) is 0 Å². The van der Waals surface area contributed by atoms with E-state index in [1.54, 1.807) is 0 Å². The van der Waals surface area contributed by atoms with Gasteiger partial charge in [0, 0.05) is 29.9 Å². The number of aryl methyl sites for hydroxylation is 1. The minimum absolute atomic E-state index is 0.0475. The van der Waals surface area contributed by atoms with Gasteiger partial charge in [-0.1, -0.05) is 0 Å². The number of nitrogens with one attached hydrogen (secondary N) is 1. The zero-order valence-corrected chi connectivity index (χ0v) is 11.8. The molecular weight excluding hydrogens is 276 g/mol. The predicted molar refractivity (Wildman–Crippen MR) is 69.7 cm³/mol. The van der Waals surface area contributed by atoms with Crippen molar-refractivity contribution in [3.8, 4) is 0 Å². The third kappa shape index (κ3) is 4.73. The molecule has 0 spiro atoms. The molecule has 0 radical (unpaired) electrons. The SMILES string of the molecule is Cc1ccc(CNS(=O)(=O)N(C)CCC(=O)O)s1. The highest BCUT2D eigenvalue weighted by atomic mass is 32.2. The van der Waals surface area contributed by atoms with E-state index < -0.39 is 16.2 Å². The molecular formula is C10H16N2O4S2. The molecule has 18 heavy (non-hydrogen) atoms. The van der Waals surface area contributed by atoms with Gasteiger partial charge in [0.05, 0.1) is 6.42 Å². The van der Waals surface area contributed by atoms with Crippen LogP contribution in [-0.4, -0.2) is 37.4 Å². The molecule has 0 saturated heterocycles. The van der Waals surface area contributed by atoms with Crippen molar-refractivity contribution in [1.82, 2.24) is 9.03 Å². The van der Waals surface area contributed by atoms with Crippen LogP contribution < -0.4 is 4.72 Å². The second-order valence-electron chi connectivity index (χ2n) is 3.80. The summed E-state index contributed by atoms with van der Waals surface area (Å²) in [5.41, 5.74) is 0. The number of aliphatic carboxylic acids is 1. The third-order valence-electron chi connectivity index (χ3n) is 2.28. The van der Waals surface area contributed by atoms with E-state index in [0.717, 1.165) is 14.1 Å². The quantitative estimate of drug-likeness (QED) is 0.778. The van der Waals surface area contributed by atoms with Crippen molar-refractivity contribution >= 4 is 27.5 Å². The van der Waals surface area contributed by atoms with Crippen LogP contribution in [0, 0.1) is 6.92 Å². The minimum Gasteiger partial charge on any atom is -0.481 e. The van der Waals surface area contributed by atoms with Crippen molar-refractivity contribution in [1.29, 1.82) is 0 Å². The lowest BCUT2D eigenvalue weighted by molar-refractivity contribution is -0.137. The van der Waals surface area contributed by atoms with Crippen molar-refractivity contribution in [3.63, 3.8) is 0 Å². The zero-order chi connectivity index (χ0) is 13.8. The first-order valence-corrected chi connectivity index (χ1v) is 7.55. The van der Waals surface area contributed by atoms with Gasteiger partial charge in [-0.2, -0.15) is 17.4 Å². The van der Waals surface area contributed by atoms with Crippen molar-refractivity contribution < 1.29 is 18.3 Å². The second-order valence-corrected chi connectivity index (χ2v) is 7.04. The smallest absolute Gasteiger partial charge is 0.304 e. The van der Waals surface area contributed by atoms with E-state index in [2.05, 4.69) is 4.72 Å². The fourth-order valence-electron chi connectivity index (χ4n) is 1.23. The number of carbonyl (C=O) groups is 1. The van der Waals surface area contributed by atoms with Crippen molar-refractivity contribution in [2.24, 2.45) is 0 Å². The van der Waals surface area contributed by atoms with Gasteiger partial charge in [0.25, 0.3) is 10.2 Å². The predicted octanol–water partition coefficient (Wildman–Crippen LogP) is 0.797. The lowest BCUT2D eigenvalue weighted by atomic mass is 10.4. The van der Waals surface area contributed by atoms with Gasteiger partial charge in [-0.25, -0.2) is 0 Å². The van der Waals surface area contributed by atoms with Crippen LogP contribution in [0.1, 0.15) is 16.2 Å². The van der Waals surface area contributed by atoms with E-state index in [-0.39, 0.29) is 19.5 Å². The summed E-state index contributed by atoms with van der Waals surface area (Å²) in [6.07, 6.45) is -0.213. The Morgan fingerprint density at radius 3 is 2.67 bits per heavy atom. The summed E-state index contributed by atoms with van der Waals surface area (Å²) in [6.45, 7) is 2.12. The maximum Gasteiger partial charge on any atom is 0.304 e. The fraction of sp³-hybridized carbons (Fsp3) is 0.500. The van der Waals surface area contributed by atoms with Crippen LogP contribution in [0.3, 0.4) is 0 Å². The van der Waals surface area contributed by atoms with E-state index in [1.165, 1.54) is 18.4 Å². The summed E-state index contributed by atoms with van der Waals surface area (Å²) >= 11 is 1.52. The van der Waals surface area contributed by atoms with Gasteiger partial charge in [-0.15, -0.1) is 11.3 Å². The standard InChI is InChI=1S/C10H16N2O4S2/c1-8-3-4-9(17-8)7-11-18(15,16)12(2)6-5-10(13)14/h3-4,11H,5-7H2,1-2H3,(H,13,14). The molecule has 0 saturated carbocycles. The summed E-state index contributed by atoms with van der Waals surface area (Å²) in [4.78, 5) is 12.4. The maximum absolute atomic E-state index is 11.7. The third-order valence-corrected chi connectivity index (χ3v) is 4.79. The largest absolute Gasteiger partial charge is 0.481 e. The van der Waals surface area contributed by atoms with Gasteiger partial charge in [0.15, 0.2) is 0 Å². The summed E-state index contributed by atoms with van der Waals surface area (Å²) in [7, 11) is -2.27. The molecule has 0 atom stereocenters. The molecule has 6 nitrogen and oxygen atoms in total. The van der Waals surface area contributed by atoms with Gasteiger partial charge in [0.1, 0.15) is 0 Å². The molecule has 102 valence electrons. The first kappa shape index (κ1) is 15.1. The van der Waals surface area contributed by atoms with E-state index in [1.807, 2.05) is 19.1 Å². The number of rotatable bonds is 7. The maximum atomic E-state index is 11.7. The van der Waals surface area contributed by atoms with Gasteiger partial charge in [-0.05, 0) is 19.1 Å². The molecule has 1 aromatic heterocycles. The molecule has 1 heterocycles. The Morgan fingerprint density at radius 1 is 1.50 bits per heavy atom. The Morgan fingerprint density at radius 2 is 2.17 bits per heavy atom. The van der Waals surface area contributed by atoms with Crippen LogP contribution in [0.25, 0.3) is 0 Å². The topological polar surface area (TPSA) is 86.7 Å². The molecule has 0 aromatic carbocycles. The van der Waals surface area contributed by atoms with Crippen molar-refractivity contribution in [2.75, 3.05) is 13.6 Å². The monoisotopic (exact) mass is 292 g/mol. The highest BCUT2D eigenvalue weighted by Crippen LogP contribution is 2.14. The minimum atomic E-state index is -3.62. The van der Waals surface area contributed by atoms with Gasteiger partial charge in [0.2, 0.25) is 0 Å². The second kappa shape index (κ2) is 6.28. The molecule has 0 unspecified atom stereocenters. The number of carboxylic acids is 1. The van der Waals surface area contributed by atoms with Crippen molar-refractivity contribution in [2.45, 2.75) is 19.9 Å². The molecule has 0 fully saturated rings. The molecule has 0 aliphatic rings. The van der Waals surface area contributed by atoms with E-state index in [4.69, 9.17) is 5.11 Å². The average molecular weight is 292 g/mol. The molecule has 0 aliphatic heterocycles. The Labute approximate surface area is 110 Å². The Kier molecular flexibility index (Phi) is 5.27. The normalized spacial score (nSPS) is 11.9. The molecule has 0 amide bonds. The number of carboxylic acid groups (broad SMARTS) is 1. The van der Waals surface area contributed by atoms with Crippen LogP contribution in [0.5, 0.6) is 0 Å². The Balaban J connectivity index is 2.51. The Hall–Kier alpha value is -0.960. The summed E-state index contributed by atoms with van der Waals surface area (Å²) in [5, 5.41) is 8.50. The van der Waals surface area contributed by atoms with Gasteiger partial charge in [-0.3, -0.25) is 4.79 Å². The van der Waals surface area contributed by atoms with Gasteiger partial charge < -0.3 is 5.11 Å². The molecule has 2 N–H and O–H groups in total. The summed E-state index contributed by atoms with van der Waals surface area (Å²) in [6, 6.07) is 3.78. The first-order chi connectivity index (χ1) is 8.31. The van der Waals surface area contributed by atoms with Crippen molar-refractivity contribution in [3.05, 3.63) is 21.9 Å². The van der Waals surface area contributed by atoms with Crippen LogP contribution in [0.2, 0.25) is 0 Å². The van der Waals surface area contributed by atoms with Crippen LogP contribution in [0.4, 0.5) is 0 Å². The van der Waals surface area contributed by atoms with Crippen LogP contribution >= 0.6 is 11.3 Å². The fourth-order valence-corrected chi connectivity index (χ4v) is 3.04. The summed E-state index contributed by atoms with van der Waals surface area (Å²) < 4.78 is 26.9. The van der Waals surface area contributed by atoms with Gasteiger partial charge >= 0.3 is 5.97 Å².